The number of sulfone groups is 1. The van der Waals surface area contributed by atoms with E-state index in [0.29, 0.717) is 4.90 Å². The molecule has 0 aliphatic heterocycles. The second kappa shape index (κ2) is 4.55. The molecule has 0 radical (unpaired) electrons. The average Bonchev–Trinajstić information content (AvgIpc) is 2.16. The minimum atomic E-state index is -3.18. The average molecular weight is 241 g/mol. The van der Waals surface area contributed by atoms with E-state index >= 15 is 0 Å². The van der Waals surface area contributed by atoms with E-state index < -0.39 is 9.84 Å². The van der Waals surface area contributed by atoms with Gasteiger partial charge in [-0.05, 0) is 30.2 Å². The summed E-state index contributed by atoms with van der Waals surface area (Å²) in [7, 11) is -1.56. The lowest BCUT2D eigenvalue weighted by Crippen LogP contribution is -2.19. The number of nitrogens with one attached hydrogen (secondary N) is 1. The van der Waals surface area contributed by atoms with Crippen LogP contribution in [-0.2, 0) is 15.3 Å². The van der Waals surface area contributed by atoms with Gasteiger partial charge in [0, 0.05) is 0 Å². The first-order valence-corrected chi connectivity index (χ1v) is 6.90. The smallest absolute Gasteiger partial charge is 0.191 e. The maximum absolute atomic E-state index is 11.7. The van der Waals surface area contributed by atoms with E-state index in [1.54, 1.807) is 19.2 Å². The van der Waals surface area contributed by atoms with Crippen LogP contribution in [0.15, 0.2) is 29.2 Å². The summed E-state index contributed by atoms with van der Waals surface area (Å²) in [5, 5.41) is 2.66. The molecule has 3 nitrogen and oxygen atoms in total. The molecule has 0 bridgehead atoms. The lowest BCUT2D eigenvalue weighted by atomic mass is 9.87. The van der Waals surface area contributed by atoms with Gasteiger partial charge in [0.2, 0.25) is 0 Å². The molecule has 0 saturated heterocycles. The molecular formula is C12H19NO2S. The summed E-state index contributed by atoms with van der Waals surface area (Å²) >= 11 is 0. The molecule has 90 valence electrons. The Morgan fingerprint density at radius 2 is 1.62 bits per heavy atom. The molecule has 4 heteroatoms. The van der Waals surface area contributed by atoms with Gasteiger partial charge in [0.15, 0.2) is 9.84 Å². The Labute approximate surface area is 97.8 Å². The third-order valence-electron chi connectivity index (χ3n) is 2.41. The lowest BCUT2D eigenvalue weighted by molar-refractivity contribution is 0.584. The maximum atomic E-state index is 11.7. The van der Waals surface area contributed by atoms with E-state index in [0.717, 1.165) is 5.56 Å². The molecule has 0 aliphatic rings. The molecule has 0 atom stereocenters. The van der Waals surface area contributed by atoms with Gasteiger partial charge in [0.1, 0.15) is 5.88 Å². The van der Waals surface area contributed by atoms with Crippen LogP contribution < -0.4 is 5.32 Å². The van der Waals surface area contributed by atoms with E-state index in [9.17, 15) is 8.42 Å². The number of hydrogen-bond acceptors (Lipinski definition) is 3. The van der Waals surface area contributed by atoms with Crippen molar-refractivity contribution in [2.24, 2.45) is 0 Å². The zero-order chi connectivity index (χ0) is 12.4. The Morgan fingerprint density at radius 1 is 1.12 bits per heavy atom. The standard InChI is InChI=1S/C12H19NO2S/c1-12(2,3)10-5-7-11(8-6-10)16(14,15)9-13-4/h5-8,13H,9H2,1-4H3. The largest absolute Gasteiger partial charge is 0.306 e. The Kier molecular flexibility index (Phi) is 3.76. The van der Waals surface area contributed by atoms with Crippen LogP contribution in [0.3, 0.4) is 0 Å². The fourth-order valence-electron chi connectivity index (χ4n) is 1.44. The lowest BCUT2D eigenvalue weighted by Gasteiger charge is -2.19. The molecule has 0 spiro atoms. The van der Waals surface area contributed by atoms with Crippen molar-refractivity contribution >= 4 is 9.84 Å². The van der Waals surface area contributed by atoms with Gasteiger partial charge < -0.3 is 5.32 Å². The normalized spacial score (nSPS) is 12.8. The van der Waals surface area contributed by atoms with Crippen LogP contribution in [0.2, 0.25) is 0 Å². The number of benzene rings is 1. The van der Waals surface area contributed by atoms with Gasteiger partial charge in [-0.25, -0.2) is 8.42 Å². The molecule has 0 fully saturated rings. The van der Waals surface area contributed by atoms with Crippen molar-refractivity contribution in [3.8, 4) is 0 Å². The van der Waals surface area contributed by atoms with Gasteiger partial charge in [-0.15, -0.1) is 0 Å². The molecule has 1 aromatic carbocycles. The van der Waals surface area contributed by atoms with Crippen molar-refractivity contribution in [1.29, 1.82) is 0 Å². The molecule has 16 heavy (non-hydrogen) atoms. The molecule has 1 rings (SSSR count). The SMILES string of the molecule is CNCS(=O)(=O)c1ccc(C(C)(C)C)cc1. The van der Waals surface area contributed by atoms with Crippen molar-refractivity contribution in [3.05, 3.63) is 29.8 Å². The molecule has 0 amide bonds. The first-order chi connectivity index (χ1) is 7.27. The third-order valence-corrected chi connectivity index (χ3v) is 4.07. The van der Waals surface area contributed by atoms with Crippen LogP contribution in [0.1, 0.15) is 26.3 Å². The predicted molar refractivity (Wildman–Crippen MR) is 66.3 cm³/mol. The zero-order valence-corrected chi connectivity index (χ0v) is 11.1. The topological polar surface area (TPSA) is 46.2 Å². The summed E-state index contributed by atoms with van der Waals surface area (Å²) in [6.07, 6.45) is 0. The van der Waals surface area contributed by atoms with E-state index in [2.05, 4.69) is 26.1 Å². The molecular weight excluding hydrogens is 222 g/mol. The van der Waals surface area contributed by atoms with E-state index in [4.69, 9.17) is 0 Å². The van der Waals surface area contributed by atoms with Crippen LogP contribution in [0.5, 0.6) is 0 Å². The Bertz CT molecular complexity index is 441. The summed E-state index contributed by atoms with van der Waals surface area (Å²) in [6, 6.07) is 7.10. The monoisotopic (exact) mass is 241 g/mol. The molecule has 1 aromatic rings. The third kappa shape index (κ3) is 3.06. The first-order valence-electron chi connectivity index (χ1n) is 5.25. The van der Waals surface area contributed by atoms with Crippen molar-refractivity contribution in [1.82, 2.24) is 5.32 Å². The molecule has 0 aromatic heterocycles. The minimum absolute atomic E-state index is 0.0259. The predicted octanol–water partition coefficient (Wildman–Crippen LogP) is 1.93. The van der Waals surface area contributed by atoms with Gasteiger partial charge in [-0.2, -0.15) is 0 Å². The van der Waals surface area contributed by atoms with Gasteiger partial charge in [-0.3, -0.25) is 0 Å². The van der Waals surface area contributed by atoms with Gasteiger partial charge in [0.25, 0.3) is 0 Å². The van der Waals surface area contributed by atoms with E-state index in [1.807, 2.05) is 12.1 Å². The van der Waals surface area contributed by atoms with E-state index in [1.165, 1.54) is 0 Å². The second-order valence-electron chi connectivity index (χ2n) is 4.89. The van der Waals surface area contributed by atoms with Crippen molar-refractivity contribution in [3.63, 3.8) is 0 Å². The fraction of sp³-hybridized carbons (Fsp3) is 0.500. The summed E-state index contributed by atoms with van der Waals surface area (Å²) < 4.78 is 23.5. The fourth-order valence-corrected chi connectivity index (χ4v) is 2.53. The molecule has 1 N–H and O–H groups in total. The highest BCUT2D eigenvalue weighted by Gasteiger charge is 2.16. The van der Waals surface area contributed by atoms with Crippen molar-refractivity contribution in [2.75, 3.05) is 12.9 Å². The van der Waals surface area contributed by atoms with Crippen LogP contribution in [0, 0.1) is 0 Å². The number of rotatable bonds is 3. The highest BCUT2D eigenvalue weighted by Crippen LogP contribution is 2.23. The summed E-state index contributed by atoms with van der Waals surface area (Å²) in [6.45, 7) is 6.30. The Balaban J connectivity index is 3.05. The Morgan fingerprint density at radius 3 is 2.00 bits per heavy atom. The van der Waals surface area contributed by atoms with Crippen molar-refractivity contribution < 1.29 is 8.42 Å². The van der Waals surface area contributed by atoms with Crippen LogP contribution in [-0.4, -0.2) is 21.3 Å². The molecule has 0 heterocycles. The second-order valence-corrected chi connectivity index (χ2v) is 6.88. The van der Waals surface area contributed by atoms with Gasteiger partial charge in [0.05, 0.1) is 4.90 Å². The highest BCUT2D eigenvalue weighted by atomic mass is 32.2. The highest BCUT2D eigenvalue weighted by molar-refractivity contribution is 7.91. The maximum Gasteiger partial charge on any atom is 0.191 e. The molecule has 0 unspecified atom stereocenters. The first kappa shape index (κ1) is 13.2. The summed E-state index contributed by atoms with van der Waals surface area (Å²) in [5.74, 6) is -0.0259. The van der Waals surface area contributed by atoms with E-state index in [-0.39, 0.29) is 11.3 Å². The summed E-state index contributed by atoms with van der Waals surface area (Å²) in [4.78, 5) is 0.370. The molecule has 0 aliphatic carbocycles. The van der Waals surface area contributed by atoms with Crippen molar-refractivity contribution in [2.45, 2.75) is 31.1 Å². The van der Waals surface area contributed by atoms with Crippen LogP contribution in [0.4, 0.5) is 0 Å². The Hall–Kier alpha value is -0.870. The minimum Gasteiger partial charge on any atom is -0.306 e. The summed E-state index contributed by atoms with van der Waals surface area (Å²) in [5.41, 5.74) is 1.18. The van der Waals surface area contributed by atoms with Gasteiger partial charge >= 0.3 is 0 Å². The quantitative estimate of drug-likeness (QED) is 0.879. The zero-order valence-electron chi connectivity index (χ0n) is 10.2. The van der Waals surface area contributed by atoms with Crippen LogP contribution in [0.25, 0.3) is 0 Å². The molecule has 0 saturated carbocycles. The van der Waals surface area contributed by atoms with Gasteiger partial charge in [-0.1, -0.05) is 32.9 Å². The van der Waals surface area contributed by atoms with Crippen LogP contribution >= 0.6 is 0 Å². The number of hydrogen-bond donors (Lipinski definition) is 1.